The van der Waals surface area contributed by atoms with Gasteiger partial charge in [-0.05, 0) is 48.2 Å². The zero-order chi connectivity index (χ0) is 19.1. The molecule has 0 saturated carbocycles. The van der Waals surface area contributed by atoms with Gasteiger partial charge >= 0.3 is 0 Å². The van der Waals surface area contributed by atoms with Crippen molar-refractivity contribution in [2.24, 2.45) is 0 Å². The van der Waals surface area contributed by atoms with E-state index in [2.05, 4.69) is 20.8 Å². The van der Waals surface area contributed by atoms with Crippen LogP contribution in [0, 0.1) is 5.82 Å². The average Bonchev–Trinajstić information content (AvgIpc) is 3.19. The Labute approximate surface area is 160 Å². The van der Waals surface area contributed by atoms with E-state index in [-0.39, 0.29) is 18.1 Å². The molecule has 6 nitrogen and oxygen atoms in total. The number of amides is 1. The Hall–Kier alpha value is -2.84. The summed E-state index contributed by atoms with van der Waals surface area (Å²) in [4.78, 5) is 13.5. The van der Waals surface area contributed by atoms with Gasteiger partial charge in [0.15, 0.2) is 0 Å². The highest BCUT2D eigenvalue weighted by atomic mass is 32.1. The first kappa shape index (κ1) is 18.9. The van der Waals surface area contributed by atoms with Gasteiger partial charge in [-0.3, -0.25) is 4.79 Å². The number of rotatable bonds is 8. The van der Waals surface area contributed by atoms with Crippen LogP contribution in [0.4, 0.5) is 10.2 Å². The Kier molecular flexibility index (Phi) is 6.45. The van der Waals surface area contributed by atoms with Gasteiger partial charge in [0.2, 0.25) is 0 Å². The fourth-order valence-electron chi connectivity index (χ4n) is 2.49. The zero-order valence-electron chi connectivity index (χ0n) is 14.5. The van der Waals surface area contributed by atoms with Crippen molar-refractivity contribution in [2.75, 3.05) is 25.0 Å². The molecule has 0 aliphatic heterocycles. The van der Waals surface area contributed by atoms with E-state index < -0.39 is 5.82 Å². The average molecular weight is 386 g/mol. The maximum absolute atomic E-state index is 14.0. The van der Waals surface area contributed by atoms with Crippen molar-refractivity contribution in [1.82, 2.24) is 15.5 Å². The number of benzene rings is 1. The third kappa shape index (κ3) is 5.32. The van der Waals surface area contributed by atoms with Crippen LogP contribution in [-0.2, 0) is 6.42 Å². The third-order valence-corrected chi connectivity index (χ3v) is 4.71. The van der Waals surface area contributed by atoms with E-state index in [0.29, 0.717) is 30.2 Å². The molecule has 0 fully saturated rings. The predicted octanol–water partition coefficient (Wildman–Crippen LogP) is 2.72. The second-order valence-corrected chi connectivity index (χ2v) is 6.80. The first-order valence-corrected chi connectivity index (χ1v) is 9.33. The molecule has 2 aromatic heterocycles. The second-order valence-electron chi connectivity index (χ2n) is 5.77. The lowest BCUT2D eigenvalue weighted by atomic mass is 10.1. The van der Waals surface area contributed by atoms with Crippen molar-refractivity contribution in [3.63, 3.8) is 0 Å². The first-order chi connectivity index (χ1) is 13.2. The van der Waals surface area contributed by atoms with E-state index in [9.17, 15) is 9.18 Å². The molecule has 0 saturated heterocycles. The Balaban J connectivity index is 1.68. The topological polar surface area (TPSA) is 87.1 Å². The standard InChI is InChI=1S/C19H19FN4O2S/c20-15-11-13(17-3-4-18(24-23-17)21-7-8-25)10-14(12-15)19(26)22-6-5-16-2-1-9-27-16/h1-4,9-12,25H,5-8H2,(H,21,24)(H,22,26). The third-order valence-electron chi connectivity index (χ3n) is 3.78. The van der Waals surface area contributed by atoms with Gasteiger partial charge < -0.3 is 15.7 Å². The summed E-state index contributed by atoms with van der Waals surface area (Å²) in [6, 6.07) is 11.4. The molecule has 1 amide bonds. The van der Waals surface area contributed by atoms with Gasteiger partial charge in [0.1, 0.15) is 11.6 Å². The smallest absolute Gasteiger partial charge is 0.251 e. The van der Waals surface area contributed by atoms with E-state index in [1.807, 2.05) is 17.5 Å². The minimum Gasteiger partial charge on any atom is -0.395 e. The molecule has 0 unspecified atom stereocenters. The highest BCUT2D eigenvalue weighted by Gasteiger charge is 2.11. The van der Waals surface area contributed by atoms with Crippen LogP contribution in [0.25, 0.3) is 11.3 Å². The Morgan fingerprint density at radius 3 is 2.74 bits per heavy atom. The number of aromatic nitrogens is 2. The summed E-state index contributed by atoms with van der Waals surface area (Å²) in [6.45, 7) is 0.832. The molecule has 2 heterocycles. The van der Waals surface area contributed by atoms with Crippen LogP contribution in [0.2, 0.25) is 0 Å². The zero-order valence-corrected chi connectivity index (χ0v) is 15.3. The normalized spacial score (nSPS) is 10.6. The number of aliphatic hydroxyl groups is 1. The highest BCUT2D eigenvalue weighted by molar-refractivity contribution is 7.09. The molecule has 0 radical (unpaired) electrons. The molecular weight excluding hydrogens is 367 g/mol. The number of nitrogens with one attached hydrogen (secondary N) is 2. The van der Waals surface area contributed by atoms with Gasteiger partial charge in [-0.25, -0.2) is 4.39 Å². The largest absolute Gasteiger partial charge is 0.395 e. The Bertz CT molecular complexity index is 885. The van der Waals surface area contributed by atoms with Gasteiger partial charge in [0.25, 0.3) is 5.91 Å². The number of halogens is 1. The summed E-state index contributed by atoms with van der Waals surface area (Å²) in [5.41, 5.74) is 1.16. The van der Waals surface area contributed by atoms with Gasteiger partial charge in [-0.1, -0.05) is 6.07 Å². The minimum atomic E-state index is -0.514. The predicted molar refractivity (Wildman–Crippen MR) is 103 cm³/mol. The van der Waals surface area contributed by atoms with Crippen LogP contribution in [0.15, 0.2) is 47.8 Å². The van der Waals surface area contributed by atoms with Crippen molar-refractivity contribution in [3.05, 3.63) is 64.1 Å². The molecule has 3 N–H and O–H groups in total. The monoisotopic (exact) mass is 386 g/mol. The second kappa shape index (κ2) is 9.20. The van der Waals surface area contributed by atoms with E-state index in [0.717, 1.165) is 6.42 Å². The number of carbonyl (C=O) groups is 1. The van der Waals surface area contributed by atoms with Gasteiger partial charge in [-0.15, -0.1) is 21.5 Å². The van der Waals surface area contributed by atoms with E-state index >= 15 is 0 Å². The number of anilines is 1. The van der Waals surface area contributed by atoms with Crippen molar-refractivity contribution >= 4 is 23.1 Å². The number of carbonyl (C=O) groups excluding carboxylic acids is 1. The number of hydrogen-bond donors (Lipinski definition) is 3. The van der Waals surface area contributed by atoms with Crippen LogP contribution < -0.4 is 10.6 Å². The van der Waals surface area contributed by atoms with E-state index in [4.69, 9.17) is 5.11 Å². The number of thiophene rings is 1. The molecule has 0 aliphatic carbocycles. The molecule has 27 heavy (non-hydrogen) atoms. The molecule has 0 atom stereocenters. The summed E-state index contributed by atoms with van der Waals surface area (Å²) in [6.07, 6.45) is 0.735. The van der Waals surface area contributed by atoms with Gasteiger partial charge in [0, 0.05) is 29.1 Å². The SMILES string of the molecule is O=C(NCCc1cccs1)c1cc(F)cc(-c2ccc(NCCO)nn2)c1. The van der Waals surface area contributed by atoms with Crippen molar-refractivity contribution < 1.29 is 14.3 Å². The molecule has 3 aromatic rings. The molecule has 1 aromatic carbocycles. The van der Waals surface area contributed by atoms with Gasteiger partial charge in [0.05, 0.1) is 12.3 Å². The minimum absolute atomic E-state index is 0.0156. The van der Waals surface area contributed by atoms with E-state index in [1.165, 1.54) is 17.0 Å². The maximum atomic E-state index is 14.0. The van der Waals surface area contributed by atoms with Crippen LogP contribution in [0.3, 0.4) is 0 Å². The summed E-state index contributed by atoms with van der Waals surface area (Å²) in [5.74, 6) is -0.336. The molecule has 0 aliphatic rings. The number of hydrogen-bond acceptors (Lipinski definition) is 6. The fraction of sp³-hybridized carbons (Fsp3) is 0.211. The number of aliphatic hydroxyl groups excluding tert-OH is 1. The van der Waals surface area contributed by atoms with Crippen molar-refractivity contribution in [2.45, 2.75) is 6.42 Å². The molecule has 0 spiro atoms. The van der Waals surface area contributed by atoms with Crippen molar-refractivity contribution in [1.29, 1.82) is 0 Å². The fourth-order valence-corrected chi connectivity index (χ4v) is 3.20. The summed E-state index contributed by atoms with van der Waals surface area (Å²) >= 11 is 1.63. The molecule has 3 rings (SSSR count). The molecule has 0 bridgehead atoms. The van der Waals surface area contributed by atoms with Crippen LogP contribution in [0.5, 0.6) is 0 Å². The van der Waals surface area contributed by atoms with E-state index in [1.54, 1.807) is 29.5 Å². The summed E-state index contributed by atoms with van der Waals surface area (Å²) in [7, 11) is 0. The Morgan fingerprint density at radius 2 is 2.04 bits per heavy atom. The Morgan fingerprint density at radius 1 is 1.15 bits per heavy atom. The summed E-state index contributed by atoms with van der Waals surface area (Å²) < 4.78 is 14.0. The van der Waals surface area contributed by atoms with Crippen LogP contribution in [0.1, 0.15) is 15.2 Å². The van der Waals surface area contributed by atoms with Crippen molar-refractivity contribution in [3.8, 4) is 11.3 Å². The van der Waals surface area contributed by atoms with Crippen LogP contribution >= 0.6 is 11.3 Å². The lowest BCUT2D eigenvalue weighted by molar-refractivity contribution is 0.0954. The molecule has 140 valence electrons. The van der Waals surface area contributed by atoms with Crippen LogP contribution in [-0.4, -0.2) is 40.9 Å². The molecular formula is C19H19FN4O2S. The van der Waals surface area contributed by atoms with Gasteiger partial charge in [-0.2, -0.15) is 0 Å². The number of nitrogens with zero attached hydrogens (tertiary/aromatic N) is 2. The highest BCUT2D eigenvalue weighted by Crippen LogP contribution is 2.20. The quantitative estimate of drug-likeness (QED) is 0.554. The lowest BCUT2D eigenvalue weighted by Crippen LogP contribution is -2.25. The maximum Gasteiger partial charge on any atom is 0.251 e. The first-order valence-electron chi connectivity index (χ1n) is 8.46. The molecule has 8 heteroatoms. The lowest BCUT2D eigenvalue weighted by Gasteiger charge is -2.08. The summed E-state index contributed by atoms with van der Waals surface area (Å²) in [5, 5.41) is 24.5.